The van der Waals surface area contributed by atoms with Crippen molar-refractivity contribution in [3.05, 3.63) is 53.6 Å². The third kappa shape index (κ3) is 3.49. The van der Waals surface area contributed by atoms with Crippen LogP contribution < -0.4 is 0 Å². The average molecular weight is 326 g/mol. The number of carbonyl (C=O) groups excluding carboxylic acids is 1. The quantitative estimate of drug-likeness (QED) is 0.756. The molecular weight excluding hydrogens is 304 g/mol. The van der Waals surface area contributed by atoms with Crippen molar-refractivity contribution in [1.29, 1.82) is 0 Å². The van der Waals surface area contributed by atoms with Gasteiger partial charge in [0.1, 0.15) is 11.5 Å². The van der Waals surface area contributed by atoms with Crippen molar-refractivity contribution in [1.82, 2.24) is 20.0 Å². The average Bonchev–Trinajstić information content (AvgIpc) is 3.18. The zero-order chi connectivity index (χ0) is 17.1. The van der Waals surface area contributed by atoms with Crippen LogP contribution in [-0.4, -0.2) is 53.1 Å². The van der Waals surface area contributed by atoms with E-state index in [0.29, 0.717) is 18.7 Å². The van der Waals surface area contributed by atoms with Crippen LogP contribution in [0.1, 0.15) is 21.9 Å². The summed E-state index contributed by atoms with van der Waals surface area (Å²) in [6.45, 7) is 3.76. The monoisotopic (exact) mass is 326 g/mol. The number of nitrogens with zero attached hydrogens (tertiary/aromatic N) is 3. The molecule has 126 valence electrons. The van der Waals surface area contributed by atoms with Crippen LogP contribution in [0.15, 0.2) is 40.9 Å². The molecule has 0 atom stereocenters. The van der Waals surface area contributed by atoms with Crippen LogP contribution in [0, 0.1) is 6.92 Å². The van der Waals surface area contributed by atoms with Crippen molar-refractivity contribution in [2.75, 3.05) is 27.2 Å². The van der Waals surface area contributed by atoms with E-state index in [-0.39, 0.29) is 5.91 Å². The highest BCUT2D eigenvalue weighted by molar-refractivity contribution is 6.05. The smallest absolute Gasteiger partial charge is 0.256 e. The van der Waals surface area contributed by atoms with Gasteiger partial charge in [-0.25, -0.2) is 0 Å². The topological polar surface area (TPSA) is 65.4 Å². The summed E-state index contributed by atoms with van der Waals surface area (Å²) in [4.78, 5) is 17.0. The van der Waals surface area contributed by atoms with Crippen molar-refractivity contribution in [2.24, 2.45) is 0 Å². The second-order valence-corrected chi connectivity index (χ2v) is 6.18. The number of hydrogen-bond acceptors (Lipinski definition) is 4. The number of fused-ring (bicyclic) bond motifs is 1. The Labute approximate surface area is 141 Å². The van der Waals surface area contributed by atoms with Gasteiger partial charge in [-0.2, -0.15) is 5.10 Å². The van der Waals surface area contributed by atoms with Gasteiger partial charge in [0.25, 0.3) is 5.91 Å². The number of benzene rings is 1. The number of rotatable bonds is 6. The zero-order valence-electron chi connectivity index (χ0n) is 14.2. The Balaban J connectivity index is 1.88. The highest BCUT2D eigenvalue weighted by Gasteiger charge is 2.20. The number of furan rings is 1. The van der Waals surface area contributed by atoms with E-state index in [2.05, 4.69) is 15.1 Å². The molecule has 0 aliphatic carbocycles. The van der Waals surface area contributed by atoms with E-state index < -0.39 is 0 Å². The third-order valence-corrected chi connectivity index (χ3v) is 3.95. The molecule has 0 radical (unpaired) electrons. The summed E-state index contributed by atoms with van der Waals surface area (Å²) in [6, 6.07) is 9.49. The van der Waals surface area contributed by atoms with Crippen LogP contribution in [0.2, 0.25) is 0 Å². The molecule has 1 aromatic carbocycles. The van der Waals surface area contributed by atoms with E-state index in [4.69, 9.17) is 4.42 Å². The number of aromatic nitrogens is 2. The van der Waals surface area contributed by atoms with E-state index in [1.54, 1.807) is 6.20 Å². The first kappa shape index (κ1) is 16.3. The number of amides is 1. The lowest BCUT2D eigenvalue weighted by atomic mass is 10.1. The summed E-state index contributed by atoms with van der Waals surface area (Å²) in [6.07, 6.45) is 1.73. The molecule has 0 saturated carbocycles. The van der Waals surface area contributed by atoms with Crippen molar-refractivity contribution >= 4 is 16.8 Å². The van der Waals surface area contributed by atoms with Gasteiger partial charge in [0.15, 0.2) is 0 Å². The molecule has 6 heteroatoms. The Morgan fingerprint density at radius 1 is 1.21 bits per heavy atom. The Kier molecular flexibility index (Phi) is 4.66. The fraction of sp³-hybridized carbons (Fsp3) is 0.333. The number of carbonyl (C=O) groups is 1. The van der Waals surface area contributed by atoms with E-state index in [1.807, 2.05) is 56.3 Å². The molecule has 3 aromatic rings. The predicted octanol–water partition coefficient (Wildman–Crippen LogP) is 2.67. The standard InChI is InChI=1S/C18H22N4O2/c1-13-7-8-15(24-13)12-22(10-9-21(2)3)18(23)16-6-4-5-14-11-19-20-17(14)16/h4-8,11H,9-10,12H2,1-3H3,(H,19,20). The van der Waals surface area contributed by atoms with Gasteiger partial charge in [-0.3, -0.25) is 9.89 Å². The molecule has 1 N–H and O–H groups in total. The van der Waals surface area contributed by atoms with E-state index in [9.17, 15) is 4.79 Å². The molecule has 0 saturated heterocycles. The van der Waals surface area contributed by atoms with Crippen molar-refractivity contribution in [3.8, 4) is 0 Å². The Hall–Kier alpha value is -2.60. The number of aryl methyl sites for hydroxylation is 1. The lowest BCUT2D eigenvalue weighted by molar-refractivity contribution is 0.0721. The van der Waals surface area contributed by atoms with Crippen LogP contribution in [0.5, 0.6) is 0 Å². The molecule has 0 unspecified atom stereocenters. The first-order chi connectivity index (χ1) is 11.5. The molecule has 2 heterocycles. The summed E-state index contributed by atoms with van der Waals surface area (Å²) in [7, 11) is 3.99. The summed E-state index contributed by atoms with van der Waals surface area (Å²) in [5.41, 5.74) is 1.40. The number of likely N-dealkylation sites (N-methyl/N-ethyl adjacent to an activating group) is 1. The molecule has 0 spiro atoms. The molecule has 1 amide bonds. The van der Waals surface area contributed by atoms with Gasteiger partial charge in [0, 0.05) is 18.5 Å². The molecule has 0 bridgehead atoms. The lowest BCUT2D eigenvalue weighted by Crippen LogP contribution is -2.36. The van der Waals surface area contributed by atoms with Gasteiger partial charge in [0.05, 0.1) is 23.8 Å². The van der Waals surface area contributed by atoms with Crippen molar-refractivity contribution in [2.45, 2.75) is 13.5 Å². The van der Waals surface area contributed by atoms with Gasteiger partial charge in [-0.05, 0) is 39.2 Å². The normalized spacial score (nSPS) is 11.3. The minimum atomic E-state index is -0.0271. The van der Waals surface area contributed by atoms with Crippen LogP contribution in [0.25, 0.3) is 10.9 Å². The van der Waals surface area contributed by atoms with Crippen molar-refractivity contribution < 1.29 is 9.21 Å². The fourth-order valence-electron chi connectivity index (χ4n) is 2.65. The molecule has 2 aromatic heterocycles. The highest BCUT2D eigenvalue weighted by atomic mass is 16.3. The Morgan fingerprint density at radius 3 is 2.75 bits per heavy atom. The fourth-order valence-corrected chi connectivity index (χ4v) is 2.65. The van der Waals surface area contributed by atoms with Crippen LogP contribution in [0.3, 0.4) is 0 Å². The van der Waals surface area contributed by atoms with Crippen LogP contribution in [-0.2, 0) is 6.54 Å². The highest BCUT2D eigenvalue weighted by Crippen LogP contribution is 2.19. The van der Waals surface area contributed by atoms with Gasteiger partial charge < -0.3 is 14.2 Å². The molecular formula is C18H22N4O2. The summed E-state index contributed by atoms with van der Waals surface area (Å²) >= 11 is 0. The predicted molar refractivity (Wildman–Crippen MR) is 92.8 cm³/mol. The largest absolute Gasteiger partial charge is 0.464 e. The van der Waals surface area contributed by atoms with Gasteiger partial charge in [0.2, 0.25) is 0 Å². The van der Waals surface area contributed by atoms with Crippen molar-refractivity contribution in [3.63, 3.8) is 0 Å². The number of H-pyrrole nitrogens is 1. The second kappa shape index (κ2) is 6.88. The Morgan fingerprint density at radius 2 is 2.04 bits per heavy atom. The minimum absolute atomic E-state index is 0.0271. The van der Waals surface area contributed by atoms with Gasteiger partial charge in [-0.15, -0.1) is 0 Å². The van der Waals surface area contributed by atoms with Gasteiger partial charge >= 0.3 is 0 Å². The summed E-state index contributed by atoms with van der Waals surface area (Å²) in [5, 5.41) is 7.90. The maximum absolute atomic E-state index is 13.1. The van der Waals surface area contributed by atoms with E-state index in [1.165, 1.54) is 0 Å². The SMILES string of the molecule is Cc1ccc(CN(CCN(C)C)C(=O)c2cccc3cn[nH]c23)o1. The molecule has 24 heavy (non-hydrogen) atoms. The minimum Gasteiger partial charge on any atom is -0.464 e. The molecule has 6 nitrogen and oxygen atoms in total. The number of aromatic amines is 1. The summed E-state index contributed by atoms with van der Waals surface area (Å²) in [5.74, 6) is 1.61. The second-order valence-electron chi connectivity index (χ2n) is 6.18. The summed E-state index contributed by atoms with van der Waals surface area (Å²) < 4.78 is 5.65. The van der Waals surface area contributed by atoms with E-state index in [0.717, 1.165) is 29.0 Å². The van der Waals surface area contributed by atoms with Crippen LogP contribution >= 0.6 is 0 Å². The molecule has 3 rings (SSSR count). The molecule has 0 aliphatic rings. The van der Waals surface area contributed by atoms with Gasteiger partial charge in [-0.1, -0.05) is 12.1 Å². The zero-order valence-corrected chi connectivity index (χ0v) is 14.2. The lowest BCUT2D eigenvalue weighted by Gasteiger charge is -2.24. The number of para-hydroxylation sites is 1. The van der Waals surface area contributed by atoms with E-state index >= 15 is 0 Å². The molecule has 0 aliphatic heterocycles. The number of nitrogens with one attached hydrogen (secondary N) is 1. The third-order valence-electron chi connectivity index (χ3n) is 3.95. The first-order valence-corrected chi connectivity index (χ1v) is 7.96. The number of hydrogen-bond donors (Lipinski definition) is 1. The maximum Gasteiger partial charge on any atom is 0.256 e. The Bertz CT molecular complexity index is 834. The molecule has 0 fully saturated rings. The maximum atomic E-state index is 13.1. The first-order valence-electron chi connectivity index (χ1n) is 7.96. The van der Waals surface area contributed by atoms with Crippen LogP contribution in [0.4, 0.5) is 0 Å².